The van der Waals surface area contributed by atoms with Gasteiger partial charge in [-0.05, 0) is 23.8 Å². The summed E-state index contributed by atoms with van der Waals surface area (Å²) >= 11 is 3.44. The summed E-state index contributed by atoms with van der Waals surface area (Å²) in [4.78, 5) is 14.0. The van der Waals surface area contributed by atoms with Crippen molar-refractivity contribution in [3.63, 3.8) is 0 Å². The van der Waals surface area contributed by atoms with Crippen LogP contribution >= 0.6 is 15.9 Å². The number of nitrogens with zero attached hydrogens (tertiary/aromatic N) is 3. The Morgan fingerprint density at radius 3 is 1.59 bits per heavy atom. The van der Waals surface area contributed by atoms with Crippen molar-refractivity contribution in [1.29, 1.82) is 0 Å². The number of aromatic nitrogens is 3. The molecule has 4 aromatic rings. The molecule has 132 valence electrons. The van der Waals surface area contributed by atoms with Crippen LogP contribution < -0.4 is 0 Å². The second-order valence-electron chi connectivity index (χ2n) is 6.02. The van der Waals surface area contributed by atoms with E-state index in [-0.39, 0.29) is 0 Å². The van der Waals surface area contributed by atoms with Crippen LogP contribution in [0.4, 0.5) is 4.39 Å². The fourth-order valence-electron chi connectivity index (χ4n) is 2.79. The van der Waals surface area contributed by atoms with Gasteiger partial charge in [-0.1, -0.05) is 76.6 Å². The summed E-state index contributed by atoms with van der Waals surface area (Å²) in [5.74, 6) is 1.68. The molecule has 0 radical (unpaired) electrons. The lowest BCUT2D eigenvalue weighted by atomic mass is 10.1. The van der Waals surface area contributed by atoms with E-state index >= 15 is 0 Å². The standard InChI is InChI=1S/C22H15BrFN3/c23-19-12-15(14-24)11-18(13-19)22-26-20(16-7-3-1-4-8-16)25-21(27-22)17-9-5-2-6-10-17/h1-13H,14H2. The molecule has 3 aromatic carbocycles. The summed E-state index contributed by atoms with van der Waals surface area (Å²) in [5, 5.41) is 0. The van der Waals surface area contributed by atoms with Gasteiger partial charge in [-0.15, -0.1) is 0 Å². The summed E-state index contributed by atoms with van der Waals surface area (Å²) in [5.41, 5.74) is 3.12. The second kappa shape index (κ2) is 7.76. The highest BCUT2D eigenvalue weighted by molar-refractivity contribution is 9.10. The highest BCUT2D eigenvalue weighted by Crippen LogP contribution is 2.27. The highest BCUT2D eigenvalue weighted by atomic mass is 79.9. The zero-order valence-corrected chi connectivity index (χ0v) is 15.9. The molecule has 0 spiro atoms. The molecular weight excluding hydrogens is 405 g/mol. The second-order valence-corrected chi connectivity index (χ2v) is 6.94. The molecule has 5 heteroatoms. The van der Waals surface area contributed by atoms with Crippen molar-refractivity contribution in [2.75, 3.05) is 0 Å². The van der Waals surface area contributed by atoms with Gasteiger partial charge in [0.2, 0.25) is 0 Å². The fraction of sp³-hybridized carbons (Fsp3) is 0.0455. The first kappa shape index (κ1) is 17.5. The summed E-state index contributed by atoms with van der Waals surface area (Å²) in [6.45, 7) is -0.547. The van der Waals surface area contributed by atoms with E-state index in [4.69, 9.17) is 0 Å². The molecule has 0 saturated heterocycles. The Hall–Kier alpha value is -2.92. The third-order valence-corrected chi connectivity index (χ3v) is 4.53. The lowest BCUT2D eigenvalue weighted by Gasteiger charge is -2.09. The molecule has 0 aliphatic carbocycles. The van der Waals surface area contributed by atoms with Gasteiger partial charge in [0.25, 0.3) is 0 Å². The number of benzene rings is 3. The van der Waals surface area contributed by atoms with Crippen LogP contribution in [0.5, 0.6) is 0 Å². The number of hydrogen-bond acceptors (Lipinski definition) is 3. The Balaban J connectivity index is 1.92. The van der Waals surface area contributed by atoms with Crippen molar-refractivity contribution in [3.8, 4) is 34.2 Å². The molecule has 0 saturated carbocycles. The maximum Gasteiger partial charge on any atom is 0.164 e. The summed E-state index contributed by atoms with van der Waals surface area (Å²) < 4.78 is 14.0. The average molecular weight is 420 g/mol. The normalized spacial score (nSPS) is 10.7. The van der Waals surface area contributed by atoms with Crippen LogP contribution in [0.1, 0.15) is 5.56 Å². The first-order chi connectivity index (χ1) is 13.2. The largest absolute Gasteiger partial charge is 0.246 e. The van der Waals surface area contributed by atoms with Gasteiger partial charge in [-0.2, -0.15) is 0 Å². The molecule has 0 aliphatic rings. The molecule has 0 atom stereocenters. The van der Waals surface area contributed by atoms with Crippen LogP contribution in [-0.2, 0) is 6.67 Å². The van der Waals surface area contributed by atoms with Gasteiger partial charge in [0, 0.05) is 21.2 Å². The van der Waals surface area contributed by atoms with Gasteiger partial charge in [0.1, 0.15) is 6.67 Å². The molecule has 4 rings (SSSR count). The molecule has 0 N–H and O–H groups in total. The van der Waals surface area contributed by atoms with E-state index < -0.39 is 6.67 Å². The van der Waals surface area contributed by atoms with Gasteiger partial charge < -0.3 is 0 Å². The Kier molecular flexibility index (Phi) is 5.03. The van der Waals surface area contributed by atoms with E-state index in [2.05, 4.69) is 30.9 Å². The van der Waals surface area contributed by atoms with Crippen LogP contribution in [-0.4, -0.2) is 15.0 Å². The van der Waals surface area contributed by atoms with Gasteiger partial charge in [-0.3, -0.25) is 0 Å². The maximum absolute atomic E-state index is 13.2. The van der Waals surface area contributed by atoms with E-state index in [1.54, 1.807) is 12.1 Å². The highest BCUT2D eigenvalue weighted by Gasteiger charge is 2.13. The molecule has 0 fully saturated rings. The van der Waals surface area contributed by atoms with Gasteiger partial charge >= 0.3 is 0 Å². The van der Waals surface area contributed by atoms with E-state index in [9.17, 15) is 4.39 Å². The molecule has 0 amide bonds. The zero-order valence-electron chi connectivity index (χ0n) is 14.3. The number of halogens is 2. The Morgan fingerprint density at radius 1 is 0.630 bits per heavy atom. The van der Waals surface area contributed by atoms with Crippen LogP contribution in [0.3, 0.4) is 0 Å². The van der Waals surface area contributed by atoms with Crippen molar-refractivity contribution < 1.29 is 4.39 Å². The summed E-state index contributed by atoms with van der Waals surface area (Å²) in [7, 11) is 0. The monoisotopic (exact) mass is 419 g/mol. The third kappa shape index (κ3) is 3.93. The average Bonchev–Trinajstić information content (AvgIpc) is 2.74. The molecule has 1 heterocycles. The minimum atomic E-state index is -0.547. The Labute approximate surface area is 165 Å². The first-order valence-corrected chi connectivity index (χ1v) is 9.25. The first-order valence-electron chi connectivity index (χ1n) is 8.45. The number of rotatable bonds is 4. The van der Waals surface area contributed by atoms with Crippen molar-refractivity contribution in [1.82, 2.24) is 15.0 Å². The van der Waals surface area contributed by atoms with E-state index in [0.29, 0.717) is 23.0 Å². The topological polar surface area (TPSA) is 38.7 Å². The Morgan fingerprint density at radius 2 is 1.11 bits per heavy atom. The van der Waals surface area contributed by atoms with Gasteiger partial charge in [0.05, 0.1) is 0 Å². The molecule has 0 aliphatic heterocycles. The number of hydrogen-bond donors (Lipinski definition) is 0. The molecular formula is C22H15BrFN3. The summed E-state index contributed by atoms with van der Waals surface area (Å²) in [6, 6.07) is 24.9. The SMILES string of the molecule is FCc1cc(Br)cc(-c2nc(-c3ccccc3)nc(-c3ccccc3)n2)c1. The third-order valence-electron chi connectivity index (χ3n) is 4.07. The van der Waals surface area contributed by atoms with Gasteiger partial charge in [-0.25, -0.2) is 19.3 Å². The van der Waals surface area contributed by atoms with Crippen molar-refractivity contribution in [3.05, 3.63) is 88.9 Å². The van der Waals surface area contributed by atoms with E-state index in [0.717, 1.165) is 21.2 Å². The minimum absolute atomic E-state index is 0.513. The van der Waals surface area contributed by atoms with Crippen LogP contribution in [0.25, 0.3) is 34.2 Å². The lowest BCUT2D eigenvalue weighted by molar-refractivity contribution is 0.485. The van der Waals surface area contributed by atoms with E-state index in [1.807, 2.05) is 66.7 Å². The van der Waals surface area contributed by atoms with Crippen LogP contribution in [0.2, 0.25) is 0 Å². The lowest BCUT2D eigenvalue weighted by Crippen LogP contribution is -2.00. The zero-order chi connectivity index (χ0) is 18.6. The fourth-order valence-corrected chi connectivity index (χ4v) is 3.33. The van der Waals surface area contributed by atoms with Crippen molar-refractivity contribution >= 4 is 15.9 Å². The molecule has 0 bridgehead atoms. The molecule has 3 nitrogen and oxygen atoms in total. The quantitative estimate of drug-likeness (QED) is 0.400. The predicted octanol–water partition coefficient (Wildman–Crippen LogP) is 6.10. The molecule has 1 aromatic heterocycles. The maximum atomic E-state index is 13.2. The van der Waals surface area contributed by atoms with E-state index in [1.165, 1.54) is 0 Å². The van der Waals surface area contributed by atoms with Crippen LogP contribution in [0.15, 0.2) is 83.3 Å². The molecule has 27 heavy (non-hydrogen) atoms. The minimum Gasteiger partial charge on any atom is -0.246 e. The smallest absolute Gasteiger partial charge is 0.164 e. The van der Waals surface area contributed by atoms with Crippen LogP contribution in [0, 0.1) is 0 Å². The number of alkyl halides is 1. The predicted molar refractivity (Wildman–Crippen MR) is 109 cm³/mol. The Bertz CT molecular complexity index is 1010. The van der Waals surface area contributed by atoms with Crippen molar-refractivity contribution in [2.24, 2.45) is 0 Å². The molecule has 0 unspecified atom stereocenters. The van der Waals surface area contributed by atoms with Gasteiger partial charge in [0.15, 0.2) is 17.5 Å². The summed E-state index contributed by atoms with van der Waals surface area (Å²) in [6.07, 6.45) is 0. The van der Waals surface area contributed by atoms with Crippen molar-refractivity contribution in [2.45, 2.75) is 6.67 Å².